The summed E-state index contributed by atoms with van der Waals surface area (Å²) in [7, 11) is 0. The number of ether oxygens (including phenoxy) is 1. The maximum absolute atomic E-state index is 14.7. The van der Waals surface area contributed by atoms with Gasteiger partial charge >= 0.3 is 0 Å². The Labute approximate surface area is 156 Å². The number of carbonyl (C=O) groups is 1. The lowest BCUT2D eigenvalue weighted by molar-refractivity contribution is -0.208. The summed E-state index contributed by atoms with van der Waals surface area (Å²) in [5.74, 6) is -1.04. The van der Waals surface area contributed by atoms with Gasteiger partial charge in [-0.25, -0.2) is 4.98 Å². The summed E-state index contributed by atoms with van der Waals surface area (Å²) in [5.41, 5.74) is 6.30. The highest BCUT2D eigenvalue weighted by Crippen LogP contribution is 2.51. The van der Waals surface area contributed by atoms with Crippen molar-refractivity contribution in [2.75, 3.05) is 26.2 Å². The zero-order valence-electron chi connectivity index (χ0n) is 15.4. The minimum Gasteiger partial charge on any atom is -0.392 e. The molecule has 1 saturated heterocycles. The SMILES string of the molecule is Cc1cccn2c(F)c(C(=O)N3CCC4(CC3)[C@H](O)C[C@@H]4OCCN)nc12. The molecule has 2 aromatic heterocycles. The fourth-order valence-electron chi connectivity index (χ4n) is 4.41. The Balaban J connectivity index is 1.49. The molecule has 7 nitrogen and oxygen atoms in total. The largest absolute Gasteiger partial charge is 0.392 e. The maximum Gasteiger partial charge on any atom is 0.277 e. The molecule has 8 heteroatoms. The summed E-state index contributed by atoms with van der Waals surface area (Å²) >= 11 is 0. The molecule has 1 saturated carbocycles. The van der Waals surface area contributed by atoms with Gasteiger partial charge in [-0.1, -0.05) is 6.07 Å². The number of hydrogen-bond donors (Lipinski definition) is 2. The molecule has 4 rings (SSSR count). The summed E-state index contributed by atoms with van der Waals surface area (Å²) in [6, 6.07) is 3.56. The number of hydrogen-bond acceptors (Lipinski definition) is 5. The molecule has 1 amide bonds. The van der Waals surface area contributed by atoms with E-state index in [1.54, 1.807) is 17.2 Å². The van der Waals surface area contributed by atoms with Crippen molar-refractivity contribution in [3.05, 3.63) is 35.5 Å². The number of halogens is 1. The number of aliphatic hydroxyl groups excluding tert-OH is 1. The third-order valence-corrected chi connectivity index (χ3v) is 6.15. The quantitative estimate of drug-likeness (QED) is 0.834. The van der Waals surface area contributed by atoms with E-state index >= 15 is 0 Å². The number of piperidine rings is 1. The highest BCUT2D eigenvalue weighted by molar-refractivity contribution is 5.93. The van der Waals surface area contributed by atoms with E-state index in [2.05, 4.69) is 4.98 Å². The molecule has 2 aliphatic rings. The molecular formula is C19H25FN4O3. The second kappa shape index (κ2) is 6.85. The van der Waals surface area contributed by atoms with E-state index in [0.29, 0.717) is 51.2 Å². The molecule has 0 radical (unpaired) electrons. The Morgan fingerprint density at radius 1 is 1.48 bits per heavy atom. The van der Waals surface area contributed by atoms with Crippen molar-refractivity contribution in [3.8, 4) is 0 Å². The van der Waals surface area contributed by atoms with Crippen molar-refractivity contribution in [2.24, 2.45) is 11.1 Å². The average Bonchev–Trinajstić information content (AvgIpc) is 3.03. The first-order valence-corrected chi connectivity index (χ1v) is 9.40. The van der Waals surface area contributed by atoms with Crippen molar-refractivity contribution in [2.45, 2.75) is 38.4 Å². The van der Waals surface area contributed by atoms with E-state index in [1.165, 1.54) is 4.40 Å². The summed E-state index contributed by atoms with van der Waals surface area (Å²) in [4.78, 5) is 18.7. The standard InChI is InChI=1S/C19H25FN4O3/c1-12-3-2-7-24-16(20)15(22-17(12)24)18(26)23-8-4-19(5-9-23)13(25)11-14(19)27-10-6-21/h2-3,7,13-14,25H,4-6,8-11,21H2,1H3/t13-,14+/m1/s1. The van der Waals surface area contributed by atoms with Gasteiger partial charge in [-0.2, -0.15) is 4.39 Å². The van der Waals surface area contributed by atoms with Crippen LogP contribution in [-0.2, 0) is 4.74 Å². The molecule has 0 unspecified atom stereocenters. The first-order valence-electron chi connectivity index (χ1n) is 9.40. The Morgan fingerprint density at radius 2 is 2.22 bits per heavy atom. The van der Waals surface area contributed by atoms with E-state index in [-0.39, 0.29) is 17.2 Å². The van der Waals surface area contributed by atoms with Crippen molar-refractivity contribution in [1.29, 1.82) is 0 Å². The molecule has 0 bridgehead atoms. The van der Waals surface area contributed by atoms with Gasteiger partial charge in [0, 0.05) is 37.7 Å². The highest BCUT2D eigenvalue weighted by Gasteiger charge is 2.56. The first-order chi connectivity index (χ1) is 13.0. The number of aryl methyl sites for hydroxylation is 1. The van der Waals surface area contributed by atoms with Gasteiger partial charge < -0.3 is 20.5 Å². The van der Waals surface area contributed by atoms with E-state index in [1.807, 2.05) is 13.0 Å². The van der Waals surface area contributed by atoms with Crippen LogP contribution in [-0.4, -0.2) is 63.7 Å². The topological polar surface area (TPSA) is 93.1 Å². The zero-order chi connectivity index (χ0) is 19.2. The molecular weight excluding hydrogens is 351 g/mol. The van der Waals surface area contributed by atoms with Crippen LogP contribution in [0.5, 0.6) is 0 Å². The first kappa shape index (κ1) is 18.3. The van der Waals surface area contributed by atoms with Crippen molar-refractivity contribution >= 4 is 11.6 Å². The van der Waals surface area contributed by atoms with Crippen LogP contribution < -0.4 is 5.73 Å². The number of nitrogens with two attached hydrogens (primary N) is 1. The Hall–Kier alpha value is -2.03. The lowest BCUT2D eigenvalue weighted by atomic mass is 9.58. The van der Waals surface area contributed by atoms with Gasteiger partial charge in [0.2, 0.25) is 5.95 Å². The predicted molar refractivity (Wildman–Crippen MR) is 96.9 cm³/mol. The Bertz CT molecular complexity index is 860. The van der Waals surface area contributed by atoms with Crippen molar-refractivity contribution < 1.29 is 19.0 Å². The molecule has 3 N–H and O–H groups in total. The summed E-state index contributed by atoms with van der Waals surface area (Å²) in [6.07, 6.45) is 2.98. The van der Waals surface area contributed by atoms with Gasteiger partial charge in [0.25, 0.3) is 5.91 Å². The maximum atomic E-state index is 14.7. The molecule has 0 aromatic carbocycles. The minimum absolute atomic E-state index is 0.0251. The smallest absolute Gasteiger partial charge is 0.277 e. The third kappa shape index (κ3) is 2.83. The van der Waals surface area contributed by atoms with Crippen LogP contribution in [0.4, 0.5) is 4.39 Å². The molecule has 2 fully saturated rings. The molecule has 2 aromatic rings. The number of fused-ring (bicyclic) bond motifs is 1. The molecule has 2 atom stereocenters. The zero-order valence-corrected chi connectivity index (χ0v) is 15.4. The number of pyridine rings is 1. The fraction of sp³-hybridized carbons (Fsp3) is 0.579. The van der Waals surface area contributed by atoms with Gasteiger partial charge in [0.05, 0.1) is 18.8 Å². The normalized spacial score (nSPS) is 24.4. The third-order valence-electron chi connectivity index (χ3n) is 6.15. The van der Waals surface area contributed by atoms with Crippen LogP contribution in [0.2, 0.25) is 0 Å². The summed E-state index contributed by atoms with van der Waals surface area (Å²) in [5, 5.41) is 10.3. The van der Waals surface area contributed by atoms with Crippen molar-refractivity contribution in [3.63, 3.8) is 0 Å². The second-order valence-corrected chi connectivity index (χ2v) is 7.56. The summed E-state index contributed by atoms with van der Waals surface area (Å²) < 4.78 is 21.8. The molecule has 146 valence electrons. The molecule has 1 aliphatic carbocycles. The number of carbonyl (C=O) groups excluding carboxylic acids is 1. The number of rotatable bonds is 4. The van der Waals surface area contributed by atoms with Crippen LogP contribution in [0.3, 0.4) is 0 Å². The summed E-state index contributed by atoms with van der Waals surface area (Å²) in [6.45, 7) is 3.64. The fourth-order valence-corrected chi connectivity index (χ4v) is 4.41. The number of amides is 1. The lowest BCUT2D eigenvalue weighted by Gasteiger charge is -2.56. The Kier molecular flexibility index (Phi) is 4.65. The molecule has 27 heavy (non-hydrogen) atoms. The number of imidazole rings is 1. The van der Waals surface area contributed by atoms with Crippen LogP contribution in [0, 0.1) is 18.3 Å². The van der Waals surface area contributed by atoms with Gasteiger partial charge in [0.1, 0.15) is 5.65 Å². The van der Waals surface area contributed by atoms with E-state index in [4.69, 9.17) is 10.5 Å². The molecule has 1 spiro atoms. The highest BCUT2D eigenvalue weighted by atomic mass is 19.1. The predicted octanol–water partition coefficient (Wildman–Crippen LogP) is 1.11. The number of likely N-dealkylation sites (tertiary alicyclic amines) is 1. The number of aliphatic hydroxyl groups is 1. The average molecular weight is 376 g/mol. The van der Waals surface area contributed by atoms with E-state index in [0.717, 1.165) is 5.56 Å². The van der Waals surface area contributed by atoms with Crippen LogP contribution in [0.25, 0.3) is 5.65 Å². The number of aromatic nitrogens is 2. The Morgan fingerprint density at radius 3 is 2.85 bits per heavy atom. The van der Waals surface area contributed by atoms with Gasteiger partial charge in [-0.05, 0) is 31.4 Å². The monoisotopic (exact) mass is 376 g/mol. The van der Waals surface area contributed by atoms with Crippen LogP contribution >= 0.6 is 0 Å². The van der Waals surface area contributed by atoms with Crippen LogP contribution in [0.1, 0.15) is 35.3 Å². The van der Waals surface area contributed by atoms with E-state index < -0.39 is 18.0 Å². The molecule has 3 heterocycles. The van der Waals surface area contributed by atoms with E-state index in [9.17, 15) is 14.3 Å². The lowest BCUT2D eigenvalue weighted by Crippen LogP contribution is -2.63. The minimum atomic E-state index is -0.633. The second-order valence-electron chi connectivity index (χ2n) is 7.56. The van der Waals surface area contributed by atoms with Gasteiger partial charge in [0.15, 0.2) is 5.69 Å². The van der Waals surface area contributed by atoms with Crippen molar-refractivity contribution in [1.82, 2.24) is 14.3 Å². The van der Waals surface area contributed by atoms with Gasteiger partial charge in [-0.15, -0.1) is 0 Å². The van der Waals surface area contributed by atoms with Crippen LogP contribution in [0.15, 0.2) is 18.3 Å². The number of nitrogens with zero attached hydrogens (tertiary/aromatic N) is 3. The molecule has 1 aliphatic heterocycles. The van der Waals surface area contributed by atoms with Gasteiger partial charge in [-0.3, -0.25) is 9.20 Å².